The number of rotatable bonds is 10. The molecule has 0 aromatic carbocycles. The molecule has 0 spiro atoms. The average molecular weight is 746 g/mol. The average Bonchev–Trinajstić information content (AvgIpc) is 3.88. The Kier molecular flexibility index (Phi) is 17.2. The van der Waals surface area contributed by atoms with Crippen molar-refractivity contribution in [3.05, 3.63) is 50.0 Å². The lowest BCUT2D eigenvalue weighted by molar-refractivity contribution is -0.139. The van der Waals surface area contributed by atoms with Crippen LogP contribution in [0.2, 0.25) is 0 Å². The van der Waals surface area contributed by atoms with Crippen molar-refractivity contribution in [3.63, 3.8) is 0 Å². The van der Waals surface area contributed by atoms with E-state index in [1.807, 2.05) is 0 Å². The minimum absolute atomic E-state index is 0.0783. The number of H-pyrrole nitrogens is 6. The minimum atomic E-state index is -0.933. The van der Waals surface area contributed by atoms with Gasteiger partial charge in [0.1, 0.15) is 12.1 Å². The number of fused-ring (bicyclic) bond motifs is 3. The maximum Gasteiger partial charge on any atom is 0.320 e. The Bertz CT molecular complexity index is 1970. The number of carboxylic acid groups (broad SMARTS) is 2. The van der Waals surface area contributed by atoms with Gasteiger partial charge in [-0.15, -0.1) is 0 Å². The second kappa shape index (κ2) is 21.4. The molecule has 0 amide bonds. The molecule has 0 radical (unpaired) electrons. The van der Waals surface area contributed by atoms with Crippen LogP contribution < -0.4 is 56.8 Å². The van der Waals surface area contributed by atoms with Gasteiger partial charge in [-0.1, -0.05) is 12.8 Å². The Labute approximate surface area is 296 Å². The van der Waals surface area contributed by atoms with Crippen LogP contribution >= 0.6 is 0 Å². The van der Waals surface area contributed by atoms with E-state index < -0.39 is 24.0 Å². The van der Waals surface area contributed by atoms with E-state index in [1.54, 1.807) is 0 Å². The highest BCUT2D eigenvalue weighted by Gasteiger charge is 2.10. The topological polar surface area (TPSA) is 480 Å². The zero-order valence-electron chi connectivity index (χ0n) is 28.2. The molecule has 6 aromatic rings. The van der Waals surface area contributed by atoms with Gasteiger partial charge in [0.15, 0.2) is 33.5 Å². The van der Waals surface area contributed by atoms with Gasteiger partial charge in [-0.3, -0.25) is 38.9 Å². The first-order valence-electron chi connectivity index (χ1n) is 15.6. The second-order valence-electron chi connectivity index (χ2n) is 10.6. The first kappa shape index (κ1) is 42.4. The van der Waals surface area contributed by atoms with Crippen LogP contribution in [0.4, 0.5) is 17.8 Å². The van der Waals surface area contributed by atoms with E-state index in [-0.39, 0.29) is 34.5 Å². The van der Waals surface area contributed by atoms with Crippen LogP contribution in [0.5, 0.6) is 0 Å². The number of aromatic amines is 6. The van der Waals surface area contributed by atoms with Gasteiger partial charge in [0.25, 0.3) is 16.7 Å². The van der Waals surface area contributed by atoms with E-state index in [2.05, 4.69) is 59.8 Å². The number of unbranched alkanes of at least 4 members (excludes halogenated alkanes) is 2. The van der Waals surface area contributed by atoms with Gasteiger partial charge in [0.05, 0.1) is 19.0 Å². The van der Waals surface area contributed by atoms with E-state index in [0.717, 1.165) is 25.7 Å². The highest BCUT2D eigenvalue weighted by Crippen LogP contribution is 2.01. The Morgan fingerprint density at radius 2 is 0.849 bits per heavy atom. The smallest absolute Gasteiger partial charge is 0.320 e. The number of anilines is 3. The number of nitrogens with two attached hydrogens (primary N) is 7. The van der Waals surface area contributed by atoms with Crippen molar-refractivity contribution in [1.29, 1.82) is 0 Å². The fraction of sp³-hybridized carbons (Fsp3) is 0.370. The normalized spacial score (nSPS) is 11.5. The highest BCUT2D eigenvalue weighted by molar-refractivity contribution is 5.73. The summed E-state index contributed by atoms with van der Waals surface area (Å²) in [5.41, 5.74) is 37.8. The number of hydrogen-bond donors (Lipinski definition) is 15. The number of imidazole rings is 3. The predicted octanol–water partition coefficient (Wildman–Crippen LogP) is -3.26. The first-order chi connectivity index (χ1) is 25.2. The number of nitrogens with one attached hydrogen (secondary N) is 6. The molecule has 2 unspecified atom stereocenters. The Morgan fingerprint density at radius 1 is 0.566 bits per heavy atom. The first-order valence-corrected chi connectivity index (χ1v) is 15.6. The number of nitrogens with zero attached hydrogens (tertiary/aromatic N) is 6. The molecule has 53 heavy (non-hydrogen) atoms. The number of nitrogen functional groups attached to an aromatic ring is 3. The molecule has 288 valence electrons. The van der Waals surface area contributed by atoms with Gasteiger partial charge in [-0.25, -0.2) is 15.0 Å². The second-order valence-corrected chi connectivity index (χ2v) is 10.6. The standard InChI is InChI=1S/2C6H14N2O2.3C5H5N5O/c2*7-4-2-1-3-5(8)6(9)10;3*6-5-9-3-2(4(11)10-5)7-1-8-3/h2*5H,1-4,7-8H2,(H,9,10);3*1H,(H4,6,7,8,9,10,11). The summed E-state index contributed by atoms with van der Waals surface area (Å²) in [5.74, 6) is -1.63. The molecule has 0 saturated carbocycles. The van der Waals surface area contributed by atoms with Gasteiger partial charge >= 0.3 is 11.9 Å². The molecule has 26 heteroatoms. The fourth-order valence-corrected chi connectivity index (χ4v) is 3.84. The number of aliphatic carboxylic acids is 2. The van der Waals surface area contributed by atoms with Crippen LogP contribution in [0.15, 0.2) is 33.4 Å². The summed E-state index contributed by atoms with van der Waals surface area (Å²) in [7, 11) is 0. The lowest BCUT2D eigenvalue weighted by atomic mass is 10.1. The summed E-state index contributed by atoms with van der Waals surface area (Å²) in [6.07, 6.45) is 8.51. The van der Waals surface area contributed by atoms with Crippen LogP contribution in [0.1, 0.15) is 38.5 Å². The summed E-state index contributed by atoms with van der Waals surface area (Å²) in [6.45, 7) is 1.21. The summed E-state index contributed by atoms with van der Waals surface area (Å²) in [4.78, 5) is 90.9. The number of hydrogen-bond acceptors (Lipinski definition) is 18. The van der Waals surface area contributed by atoms with Gasteiger partial charge < -0.3 is 65.3 Å². The molecule has 6 rings (SSSR count). The van der Waals surface area contributed by atoms with Crippen LogP contribution in [-0.4, -0.2) is 107 Å². The van der Waals surface area contributed by atoms with E-state index in [4.69, 9.17) is 50.3 Å². The van der Waals surface area contributed by atoms with E-state index in [9.17, 15) is 24.0 Å². The molecule has 0 aliphatic heterocycles. The third-order valence-electron chi connectivity index (χ3n) is 6.52. The monoisotopic (exact) mass is 745 g/mol. The van der Waals surface area contributed by atoms with Crippen LogP contribution in [0.25, 0.3) is 33.5 Å². The summed E-state index contributed by atoms with van der Waals surface area (Å²) < 4.78 is 0. The molecule has 26 nitrogen and oxygen atoms in total. The zero-order chi connectivity index (χ0) is 39.5. The third kappa shape index (κ3) is 14.2. The SMILES string of the molecule is NCCCCC(N)C(=O)O.NCCCCC(N)C(=O)O.Nc1nc2nc[nH]c2c(=O)[nH]1.Nc1nc2nc[nH]c2c(=O)[nH]1.Nc1nc2nc[nH]c2c(=O)[nH]1. The molecular formula is C27H43N19O7. The molecule has 2 atom stereocenters. The van der Waals surface area contributed by atoms with E-state index >= 15 is 0 Å². The van der Waals surface area contributed by atoms with Crippen molar-refractivity contribution in [2.45, 2.75) is 50.6 Å². The van der Waals surface area contributed by atoms with Gasteiger partial charge in [0, 0.05) is 0 Å². The quantitative estimate of drug-likeness (QED) is 0.0612. The van der Waals surface area contributed by atoms with Gasteiger partial charge in [-0.05, 0) is 38.8 Å². The predicted molar refractivity (Wildman–Crippen MR) is 194 cm³/mol. The molecule has 0 aliphatic rings. The molecule has 0 fully saturated rings. The molecule has 6 heterocycles. The van der Waals surface area contributed by atoms with Crippen LogP contribution in [0, 0.1) is 0 Å². The Morgan fingerprint density at radius 3 is 1.09 bits per heavy atom. The number of carbonyl (C=O) groups is 2. The number of carboxylic acids is 2. The Balaban J connectivity index is 0.000000230. The minimum Gasteiger partial charge on any atom is -0.480 e. The molecule has 6 aromatic heterocycles. The van der Waals surface area contributed by atoms with Gasteiger partial charge in [0.2, 0.25) is 17.8 Å². The van der Waals surface area contributed by atoms with Crippen molar-refractivity contribution >= 4 is 63.3 Å². The van der Waals surface area contributed by atoms with Crippen molar-refractivity contribution in [2.75, 3.05) is 30.3 Å². The maximum absolute atomic E-state index is 11.0. The number of aromatic nitrogens is 12. The molecule has 0 bridgehead atoms. The molecule has 22 N–H and O–H groups in total. The molecular weight excluding hydrogens is 702 g/mol. The van der Waals surface area contributed by atoms with Crippen molar-refractivity contribution in [3.8, 4) is 0 Å². The molecule has 0 aliphatic carbocycles. The fourth-order valence-electron chi connectivity index (χ4n) is 3.84. The Hall–Kier alpha value is -6.77. The highest BCUT2D eigenvalue weighted by atomic mass is 16.4. The van der Waals surface area contributed by atoms with E-state index in [0.29, 0.717) is 59.4 Å². The lowest BCUT2D eigenvalue weighted by Gasteiger charge is -2.03. The molecule has 0 saturated heterocycles. The summed E-state index contributed by atoms with van der Waals surface area (Å²) in [6, 6.07) is -1.43. The van der Waals surface area contributed by atoms with Crippen LogP contribution in [-0.2, 0) is 9.59 Å². The van der Waals surface area contributed by atoms with Crippen molar-refractivity contribution in [2.24, 2.45) is 22.9 Å². The maximum atomic E-state index is 11.0. The zero-order valence-corrected chi connectivity index (χ0v) is 28.2. The summed E-state index contributed by atoms with van der Waals surface area (Å²) >= 11 is 0. The third-order valence-corrected chi connectivity index (χ3v) is 6.52. The van der Waals surface area contributed by atoms with Crippen molar-refractivity contribution in [1.82, 2.24) is 59.8 Å². The van der Waals surface area contributed by atoms with E-state index in [1.165, 1.54) is 19.0 Å². The van der Waals surface area contributed by atoms with Crippen molar-refractivity contribution < 1.29 is 19.8 Å². The van der Waals surface area contributed by atoms with Crippen LogP contribution in [0.3, 0.4) is 0 Å². The summed E-state index contributed by atoms with van der Waals surface area (Å²) in [5, 5.41) is 16.7. The van der Waals surface area contributed by atoms with Gasteiger partial charge in [-0.2, -0.15) is 15.0 Å². The lowest BCUT2D eigenvalue weighted by Crippen LogP contribution is -2.29. The largest absolute Gasteiger partial charge is 0.480 e.